The molecular weight excluding hydrogens is 252 g/mol. The van der Waals surface area contributed by atoms with Gasteiger partial charge < -0.3 is 0 Å². The fourth-order valence-corrected chi connectivity index (χ4v) is 2.04. The Hall–Kier alpha value is -1.68. The van der Waals surface area contributed by atoms with Gasteiger partial charge in [-0.1, -0.05) is 26.8 Å². The van der Waals surface area contributed by atoms with E-state index in [4.69, 9.17) is 5.84 Å². The highest BCUT2D eigenvalue weighted by atomic mass is 16.2. The molecule has 4 nitrogen and oxygen atoms in total. The van der Waals surface area contributed by atoms with E-state index < -0.39 is 5.54 Å². The molecule has 0 saturated carbocycles. The van der Waals surface area contributed by atoms with E-state index in [0.717, 1.165) is 24.8 Å². The molecule has 1 aromatic rings. The van der Waals surface area contributed by atoms with Crippen LogP contribution < -0.4 is 5.84 Å². The molecule has 0 aromatic heterocycles. The molecule has 109 valence electrons. The fraction of sp³-hybridized carbons (Fsp3) is 0.500. The van der Waals surface area contributed by atoms with E-state index in [-0.39, 0.29) is 11.5 Å². The van der Waals surface area contributed by atoms with Crippen LogP contribution >= 0.6 is 0 Å². The van der Waals surface area contributed by atoms with Gasteiger partial charge in [0.25, 0.3) is 5.91 Å². The lowest BCUT2D eigenvalue weighted by atomic mass is 9.93. The Bertz CT molecular complexity index is 493. The van der Waals surface area contributed by atoms with Crippen LogP contribution in [0.2, 0.25) is 0 Å². The molecule has 0 aliphatic rings. The maximum Gasteiger partial charge on any atom is 0.269 e. The lowest BCUT2D eigenvalue weighted by Crippen LogP contribution is -2.53. The smallest absolute Gasteiger partial charge is 0.269 e. The van der Waals surface area contributed by atoms with Gasteiger partial charge in [0.2, 0.25) is 6.29 Å². The molecule has 1 rings (SSSR count). The van der Waals surface area contributed by atoms with Gasteiger partial charge in [-0.2, -0.15) is 0 Å². The van der Waals surface area contributed by atoms with Crippen molar-refractivity contribution in [3.8, 4) is 0 Å². The summed E-state index contributed by atoms with van der Waals surface area (Å²) in [6.45, 7) is 7.92. The summed E-state index contributed by atoms with van der Waals surface area (Å²) in [4.78, 5) is 23.6. The average molecular weight is 275 g/mol. The second-order valence-electron chi connectivity index (χ2n) is 5.21. The summed E-state index contributed by atoms with van der Waals surface area (Å²) in [5.41, 5.74) is 1.17. The summed E-state index contributed by atoms with van der Waals surface area (Å²) in [5.74, 6) is 5.69. The number of nitrogens with zero attached hydrogens (tertiary/aromatic N) is 1. The first-order valence-corrected chi connectivity index (χ1v) is 7.03. The molecule has 0 fully saturated rings. The van der Waals surface area contributed by atoms with E-state index in [0.29, 0.717) is 5.56 Å². The normalized spacial score (nSPS) is 11.2. The van der Waals surface area contributed by atoms with Crippen LogP contribution in [0.1, 0.15) is 62.0 Å². The second-order valence-corrected chi connectivity index (χ2v) is 5.21. The van der Waals surface area contributed by atoms with Crippen molar-refractivity contribution >= 4 is 12.2 Å². The molecule has 0 bridgehead atoms. The number of carbonyl (C=O) groups is 1. The summed E-state index contributed by atoms with van der Waals surface area (Å²) in [7, 11) is 0. The zero-order valence-corrected chi connectivity index (χ0v) is 12.7. The van der Waals surface area contributed by atoms with Crippen molar-refractivity contribution in [2.45, 2.75) is 52.5 Å². The van der Waals surface area contributed by atoms with Crippen LogP contribution in [-0.2, 0) is 11.2 Å². The third-order valence-corrected chi connectivity index (χ3v) is 4.16. The molecule has 1 amide bonds. The maximum absolute atomic E-state index is 12.6. The standard InChI is InChI=1S/C16H23N2O2/c1-5-12-8-9-13(11-19)14(10-12)15(20)18(17)16(4,6-2)7-3/h8-10H,5-7,17H2,1-4H3. The first kappa shape index (κ1) is 16.4. The van der Waals surface area contributed by atoms with E-state index in [1.165, 1.54) is 5.01 Å². The van der Waals surface area contributed by atoms with Crippen molar-refractivity contribution in [3.63, 3.8) is 0 Å². The monoisotopic (exact) mass is 275 g/mol. The van der Waals surface area contributed by atoms with Crippen LogP contribution in [-0.4, -0.2) is 22.7 Å². The molecular formula is C16H23N2O2. The molecule has 0 aliphatic heterocycles. The Morgan fingerprint density at radius 1 is 1.30 bits per heavy atom. The molecule has 2 N–H and O–H groups in total. The lowest BCUT2D eigenvalue weighted by Gasteiger charge is -2.37. The van der Waals surface area contributed by atoms with Gasteiger partial charge in [0.1, 0.15) is 0 Å². The minimum absolute atomic E-state index is 0.261. The molecule has 0 unspecified atom stereocenters. The van der Waals surface area contributed by atoms with Gasteiger partial charge in [-0.05, 0) is 43.9 Å². The number of rotatable bonds is 6. The van der Waals surface area contributed by atoms with E-state index in [1.54, 1.807) is 12.1 Å². The summed E-state index contributed by atoms with van der Waals surface area (Å²) < 4.78 is 0. The summed E-state index contributed by atoms with van der Waals surface area (Å²) >= 11 is 0. The van der Waals surface area contributed by atoms with Crippen molar-refractivity contribution in [3.05, 3.63) is 34.9 Å². The van der Waals surface area contributed by atoms with Gasteiger partial charge in [-0.3, -0.25) is 14.6 Å². The van der Waals surface area contributed by atoms with E-state index in [2.05, 4.69) is 0 Å². The highest BCUT2D eigenvalue weighted by molar-refractivity contribution is 6.01. The number of benzene rings is 1. The van der Waals surface area contributed by atoms with Gasteiger partial charge in [0.15, 0.2) is 0 Å². The number of hydrazine groups is 1. The number of carbonyl (C=O) groups excluding carboxylic acids is 2. The first-order valence-electron chi connectivity index (χ1n) is 7.03. The zero-order valence-electron chi connectivity index (χ0n) is 12.7. The average Bonchev–Trinajstić information content (AvgIpc) is 2.51. The van der Waals surface area contributed by atoms with Crippen LogP contribution in [0.5, 0.6) is 0 Å². The van der Waals surface area contributed by atoms with Crippen LogP contribution in [0.25, 0.3) is 0 Å². The summed E-state index contributed by atoms with van der Waals surface area (Å²) in [6, 6.07) is 5.19. The van der Waals surface area contributed by atoms with Crippen molar-refractivity contribution in [2.75, 3.05) is 0 Å². The molecule has 0 saturated heterocycles. The third-order valence-electron chi connectivity index (χ3n) is 4.16. The van der Waals surface area contributed by atoms with Gasteiger partial charge in [-0.15, -0.1) is 0 Å². The largest absolute Gasteiger partial charge is 0.285 e. The fourth-order valence-electron chi connectivity index (χ4n) is 2.04. The Morgan fingerprint density at radius 3 is 2.35 bits per heavy atom. The molecule has 0 spiro atoms. The molecule has 0 heterocycles. The topological polar surface area (TPSA) is 63.4 Å². The van der Waals surface area contributed by atoms with Crippen molar-refractivity contribution in [2.24, 2.45) is 5.84 Å². The molecule has 1 radical (unpaired) electrons. The Kier molecular flexibility index (Phi) is 5.45. The van der Waals surface area contributed by atoms with Crippen molar-refractivity contribution in [1.82, 2.24) is 5.01 Å². The third kappa shape index (κ3) is 3.07. The Balaban J connectivity index is 3.22. The lowest BCUT2D eigenvalue weighted by molar-refractivity contribution is 0.0483. The van der Waals surface area contributed by atoms with Gasteiger partial charge in [0, 0.05) is 5.56 Å². The van der Waals surface area contributed by atoms with Crippen LogP contribution in [0.3, 0.4) is 0 Å². The van der Waals surface area contributed by atoms with Gasteiger partial charge in [0.05, 0.1) is 11.1 Å². The summed E-state index contributed by atoms with van der Waals surface area (Å²) in [5, 5.41) is 1.25. The Morgan fingerprint density at radius 2 is 1.90 bits per heavy atom. The van der Waals surface area contributed by atoms with Crippen LogP contribution in [0.15, 0.2) is 18.2 Å². The number of aryl methyl sites for hydroxylation is 1. The molecule has 0 aliphatic carbocycles. The first-order chi connectivity index (χ1) is 9.43. The zero-order chi connectivity index (χ0) is 15.3. The number of amides is 1. The van der Waals surface area contributed by atoms with E-state index in [9.17, 15) is 9.59 Å². The highest BCUT2D eigenvalue weighted by Gasteiger charge is 2.31. The van der Waals surface area contributed by atoms with Crippen molar-refractivity contribution in [1.29, 1.82) is 0 Å². The van der Waals surface area contributed by atoms with Crippen LogP contribution in [0.4, 0.5) is 0 Å². The molecule has 4 heteroatoms. The highest BCUT2D eigenvalue weighted by Crippen LogP contribution is 2.23. The van der Waals surface area contributed by atoms with Crippen molar-refractivity contribution < 1.29 is 9.59 Å². The quantitative estimate of drug-likeness (QED) is 0.493. The minimum Gasteiger partial charge on any atom is -0.285 e. The van der Waals surface area contributed by atoms with Gasteiger partial charge in [-0.25, -0.2) is 5.84 Å². The SMILES string of the molecule is CCc1ccc([C]=O)c(C(=O)N(N)C(C)(CC)CC)c1. The molecule has 1 aromatic carbocycles. The van der Waals surface area contributed by atoms with Gasteiger partial charge >= 0.3 is 0 Å². The Labute approximate surface area is 120 Å². The van der Waals surface area contributed by atoms with E-state index in [1.807, 2.05) is 40.0 Å². The maximum atomic E-state index is 12.6. The second kappa shape index (κ2) is 6.66. The van der Waals surface area contributed by atoms with E-state index >= 15 is 0 Å². The van der Waals surface area contributed by atoms with Crippen LogP contribution in [0, 0.1) is 0 Å². The number of nitrogens with two attached hydrogens (primary N) is 1. The number of hydrogen-bond acceptors (Lipinski definition) is 3. The number of hydrogen-bond donors (Lipinski definition) is 1. The summed E-state index contributed by atoms with van der Waals surface area (Å²) in [6.07, 6.45) is 4.11. The molecule has 0 atom stereocenters. The minimum atomic E-state index is -0.417. The predicted octanol–water partition coefficient (Wildman–Crippen LogP) is 2.60. The molecule has 20 heavy (non-hydrogen) atoms. The predicted molar refractivity (Wildman–Crippen MR) is 80.0 cm³/mol.